The molecule has 2 heterocycles. The van der Waals surface area contributed by atoms with Gasteiger partial charge >= 0.3 is 11.6 Å². The van der Waals surface area contributed by atoms with Crippen LogP contribution in [0.25, 0.3) is 27.5 Å². The van der Waals surface area contributed by atoms with Gasteiger partial charge in [0.1, 0.15) is 0 Å². The van der Waals surface area contributed by atoms with E-state index in [0.717, 1.165) is 0 Å². The number of hydrogen-bond donors (Lipinski definition) is 1. The number of benzene rings is 3. The molecule has 158 valence electrons. The zero-order valence-electron chi connectivity index (χ0n) is 16.9. The maximum Gasteiger partial charge on any atom is 0.335 e. The second-order valence-electron chi connectivity index (χ2n) is 6.77. The van der Waals surface area contributed by atoms with Crippen molar-refractivity contribution in [2.75, 3.05) is 0 Å². The summed E-state index contributed by atoms with van der Waals surface area (Å²) in [5, 5.41) is 2.65. The number of aromatic nitrogens is 2. The Labute approximate surface area is 211 Å². The van der Waals surface area contributed by atoms with Crippen LogP contribution in [0.4, 0.5) is 0 Å². The van der Waals surface area contributed by atoms with E-state index in [1.54, 1.807) is 0 Å². The Morgan fingerprint density at radius 1 is 0.742 bits per heavy atom. The number of fused-ring (bicyclic) bond motifs is 2. The van der Waals surface area contributed by atoms with Crippen molar-refractivity contribution < 1.29 is 8.42 Å². The predicted octanol–water partition coefficient (Wildman–Crippen LogP) is 6.95. The molecule has 0 saturated heterocycles. The maximum absolute atomic E-state index is 8.29. The number of nitrogens with one attached hydrogen (secondary N) is 1. The highest BCUT2D eigenvalue weighted by Gasteiger charge is 2.12. The van der Waals surface area contributed by atoms with Crippen molar-refractivity contribution in [1.29, 1.82) is 0 Å². The normalized spacial score (nSPS) is 10.2. The number of aromatic amines is 1. The number of aryl methyl sites for hydroxylation is 1. The van der Waals surface area contributed by atoms with Crippen LogP contribution in [-0.2, 0) is 11.6 Å². The minimum absolute atomic E-state index is 0.750. The number of halogens is 2. The molecule has 0 aliphatic heterocycles. The summed E-state index contributed by atoms with van der Waals surface area (Å²) < 4.78 is 21.6. The van der Waals surface area contributed by atoms with Crippen LogP contribution in [0.3, 0.4) is 0 Å². The van der Waals surface area contributed by atoms with Crippen LogP contribution in [0, 0.1) is 21.0 Å². The zero-order chi connectivity index (χ0) is 22.4. The molecule has 0 aliphatic rings. The monoisotopic (exact) mass is 654 g/mol. The molecule has 5 rings (SSSR count). The van der Waals surface area contributed by atoms with Gasteiger partial charge in [0, 0.05) is 40.5 Å². The van der Waals surface area contributed by atoms with Gasteiger partial charge in [0.15, 0.2) is 0 Å². The van der Waals surface area contributed by atoms with Crippen LogP contribution in [-0.4, -0.2) is 18.0 Å². The van der Waals surface area contributed by atoms with E-state index >= 15 is 0 Å². The lowest BCUT2D eigenvalue weighted by Crippen LogP contribution is -1.95. The quantitative estimate of drug-likeness (QED) is 0.199. The first-order valence-corrected chi connectivity index (χ1v) is 12.3. The highest BCUT2D eigenvalue weighted by atomic mass is 127. The molecule has 0 spiro atoms. The van der Waals surface area contributed by atoms with E-state index in [1.807, 2.05) is 6.07 Å². The van der Waals surface area contributed by atoms with E-state index in [-0.39, 0.29) is 0 Å². The van der Waals surface area contributed by atoms with Gasteiger partial charge < -0.3 is 9.55 Å². The Hall–Kier alpha value is -1.98. The van der Waals surface area contributed by atoms with Gasteiger partial charge in [-0.3, -0.25) is 0 Å². The van der Waals surface area contributed by atoms with Crippen LogP contribution in [0.15, 0.2) is 78.9 Å². The summed E-state index contributed by atoms with van der Waals surface area (Å²) in [6.07, 6.45) is 0. The van der Waals surface area contributed by atoms with Crippen molar-refractivity contribution >= 4 is 78.6 Å². The zero-order valence-corrected chi connectivity index (χ0v) is 22.1. The first kappa shape index (κ1) is 23.7. The fourth-order valence-electron chi connectivity index (χ4n) is 3.48. The molecule has 0 aliphatic carbocycles. The van der Waals surface area contributed by atoms with Gasteiger partial charge in [-0.25, -0.2) is 0 Å². The topological polar surface area (TPSA) is 54.9 Å². The molecule has 4 nitrogen and oxygen atoms in total. The van der Waals surface area contributed by atoms with Crippen molar-refractivity contribution in [3.8, 4) is 5.69 Å². The lowest BCUT2D eigenvalue weighted by atomic mass is 10.2. The molecule has 31 heavy (non-hydrogen) atoms. The lowest BCUT2D eigenvalue weighted by molar-refractivity contribution is 0.630. The number of H-pyrrole nitrogens is 1. The van der Waals surface area contributed by atoms with Gasteiger partial charge in [0.2, 0.25) is 0 Å². The number of rotatable bonds is 1. The van der Waals surface area contributed by atoms with Gasteiger partial charge in [-0.05, 0) is 83.3 Å². The first-order valence-electron chi connectivity index (χ1n) is 9.45. The molecule has 0 bridgehead atoms. The van der Waals surface area contributed by atoms with E-state index in [0.29, 0.717) is 0 Å². The van der Waals surface area contributed by atoms with Crippen LogP contribution < -0.4 is 0 Å². The molecule has 2 aromatic heterocycles. The molecule has 1 N–H and O–H groups in total. The fourth-order valence-corrected chi connectivity index (χ4v) is 4.78. The standard InChI is InChI=1S/C15H12IN.C9H8IN.O2S/c1-11-15(16)13-9-5-6-10-14(13)17(11)12-7-3-2-4-8-12;1-6-9(10)7-4-2-3-5-8(7)11-6;1-3-2/h2-10H,1H3;2-5,11H,1H3;. The van der Waals surface area contributed by atoms with E-state index in [1.165, 1.54) is 46.0 Å². The second kappa shape index (κ2) is 11.1. The number of para-hydroxylation sites is 3. The molecule has 7 heteroatoms. The van der Waals surface area contributed by atoms with Crippen LogP contribution in [0.5, 0.6) is 0 Å². The minimum Gasteiger partial charge on any atom is -0.358 e. The van der Waals surface area contributed by atoms with Crippen molar-refractivity contribution in [1.82, 2.24) is 9.55 Å². The van der Waals surface area contributed by atoms with E-state index < -0.39 is 11.6 Å². The van der Waals surface area contributed by atoms with Crippen molar-refractivity contribution in [3.05, 3.63) is 97.4 Å². The maximum atomic E-state index is 8.29. The third-order valence-electron chi connectivity index (χ3n) is 4.86. The van der Waals surface area contributed by atoms with Gasteiger partial charge in [0.05, 0.1) is 5.52 Å². The minimum atomic E-state index is -0.750. The average molecular weight is 654 g/mol. The average Bonchev–Trinajstić information content (AvgIpc) is 3.23. The van der Waals surface area contributed by atoms with Crippen LogP contribution >= 0.6 is 45.2 Å². The molecule has 0 fully saturated rings. The summed E-state index contributed by atoms with van der Waals surface area (Å²) >= 11 is 4.05. The van der Waals surface area contributed by atoms with Gasteiger partial charge in [-0.2, -0.15) is 8.42 Å². The van der Waals surface area contributed by atoms with Gasteiger partial charge in [-0.1, -0.05) is 54.6 Å². The Kier molecular flexibility index (Phi) is 8.44. The molecule has 0 saturated carbocycles. The molecule has 0 radical (unpaired) electrons. The molecular weight excluding hydrogens is 634 g/mol. The van der Waals surface area contributed by atoms with E-state index in [2.05, 4.69) is 141 Å². The molecule has 3 aromatic carbocycles. The van der Waals surface area contributed by atoms with Crippen LogP contribution in [0.2, 0.25) is 0 Å². The van der Waals surface area contributed by atoms with Gasteiger partial charge in [-0.15, -0.1) is 0 Å². The Morgan fingerprint density at radius 3 is 1.94 bits per heavy atom. The second-order valence-corrected chi connectivity index (χ2v) is 9.06. The summed E-state index contributed by atoms with van der Waals surface area (Å²) in [4.78, 5) is 3.32. The Balaban J connectivity index is 0.000000167. The summed E-state index contributed by atoms with van der Waals surface area (Å²) in [6, 6.07) is 27.4. The van der Waals surface area contributed by atoms with Crippen molar-refractivity contribution in [2.24, 2.45) is 0 Å². The third-order valence-corrected chi connectivity index (χ3v) is 7.62. The smallest absolute Gasteiger partial charge is 0.335 e. The summed E-state index contributed by atoms with van der Waals surface area (Å²) in [5.74, 6) is 0. The lowest BCUT2D eigenvalue weighted by Gasteiger charge is -2.07. The summed E-state index contributed by atoms with van der Waals surface area (Å²) in [5.41, 5.74) is 6.30. The van der Waals surface area contributed by atoms with E-state index in [9.17, 15) is 0 Å². The SMILES string of the molecule is Cc1[nH]c2ccccc2c1I.Cc1c(I)c2ccccc2n1-c1ccccc1.O=S=O. The molecular formula is C24H20I2N2O2S. The highest BCUT2D eigenvalue weighted by Crippen LogP contribution is 2.29. The largest absolute Gasteiger partial charge is 0.358 e. The third kappa shape index (κ3) is 5.27. The number of hydrogen-bond acceptors (Lipinski definition) is 2. The van der Waals surface area contributed by atoms with Crippen molar-refractivity contribution in [3.63, 3.8) is 0 Å². The van der Waals surface area contributed by atoms with Gasteiger partial charge in [0.25, 0.3) is 0 Å². The van der Waals surface area contributed by atoms with E-state index in [4.69, 9.17) is 8.42 Å². The Bertz CT molecular complexity index is 1350. The molecule has 0 amide bonds. The van der Waals surface area contributed by atoms with Crippen LogP contribution in [0.1, 0.15) is 11.4 Å². The summed E-state index contributed by atoms with van der Waals surface area (Å²) in [6.45, 7) is 4.27. The highest BCUT2D eigenvalue weighted by molar-refractivity contribution is 14.1. The Morgan fingerprint density at radius 2 is 1.29 bits per heavy atom. The molecule has 5 aromatic rings. The number of nitrogens with zero attached hydrogens (tertiary/aromatic N) is 1. The predicted molar refractivity (Wildman–Crippen MR) is 145 cm³/mol. The fraction of sp³-hybridized carbons (Fsp3) is 0.0833. The first-order chi connectivity index (χ1) is 15.0. The summed E-state index contributed by atoms with van der Waals surface area (Å²) in [7, 11) is 0. The molecule has 0 unspecified atom stereocenters. The molecule has 0 atom stereocenters. The van der Waals surface area contributed by atoms with Crippen molar-refractivity contribution in [2.45, 2.75) is 13.8 Å².